The van der Waals surface area contributed by atoms with Gasteiger partial charge in [-0.2, -0.15) is 0 Å². The minimum atomic E-state index is -0.315. The molecule has 1 atom stereocenters. The van der Waals surface area contributed by atoms with Crippen molar-refractivity contribution in [3.8, 4) is 0 Å². The number of carbonyl (C=O) groups excluding carboxylic acids is 2. The first-order valence-electron chi connectivity index (χ1n) is 13.0. The molecule has 2 saturated heterocycles. The fraction of sp³-hybridized carbons (Fsp3) is 0.448. The number of benzene rings is 2. The van der Waals surface area contributed by atoms with E-state index in [2.05, 4.69) is 17.1 Å². The maximum absolute atomic E-state index is 13.6. The van der Waals surface area contributed by atoms with Gasteiger partial charge in [-0.05, 0) is 67.9 Å². The van der Waals surface area contributed by atoms with Gasteiger partial charge in [0, 0.05) is 56.2 Å². The summed E-state index contributed by atoms with van der Waals surface area (Å²) in [6.45, 7) is 2.57. The van der Waals surface area contributed by atoms with Crippen LogP contribution in [0.3, 0.4) is 0 Å². The zero-order valence-corrected chi connectivity index (χ0v) is 20.8. The van der Waals surface area contributed by atoms with Crippen molar-refractivity contribution in [3.05, 3.63) is 71.7 Å². The van der Waals surface area contributed by atoms with E-state index in [0.29, 0.717) is 43.3 Å². The van der Waals surface area contributed by atoms with Crippen LogP contribution >= 0.6 is 0 Å². The van der Waals surface area contributed by atoms with Crippen LogP contribution in [0, 0.1) is 17.7 Å². The van der Waals surface area contributed by atoms with Crippen molar-refractivity contribution in [2.75, 3.05) is 33.4 Å². The van der Waals surface area contributed by atoms with Gasteiger partial charge in [-0.15, -0.1) is 0 Å². The summed E-state index contributed by atoms with van der Waals surface area (Å²) in [5.74, 6) is 0.167. The molecule has 0 aliphatic carbocycles. The molecule has 2 fully saturated rings. The van der Waals surface area contributed by atoms with Crippen LogP contribution in [0.4, 0.5) is 4.39 Å². The van der Waals surface area contributed by atoms with Gasteiger partial charge in [0.25, 0.3) is 5.91 Å². The van der Waals surface area contributed by atoms with Crippen molar-refractivity contribution in [1.29, 1.82) is 0 Å². The van der Waals surface area contributed by atoms with Crippen LogP contribution in [0.1, 0.15) is 41.7 Å². The highest BCUT2D eigenvalue weighted by Gasteiger charge is 2.35. The Hall–Kier alpha value is -3.19. The number of amides is 2. The summed E-state index contributed by atoms with van der Waals surface area (Å²) >= 11 is 0. The maximum Gasteiger partial charge on any atom is 0.270 e. The number of hydrogen-bond acceptors (Lipinski definition) is 3. The van der Waals surface area contributed by atoms with E-state index in [9.17, 15) is 14.0 Å². The zero-order chi connectivity index (χ0) is 25.1. The molecule has 1 aromatic heterocycles. The number of halogens is 1. The topological polar surface area (TPSA) is 65.6 Å². The highest BCUT2D eigenvalue weighted by atomic mass is 19.1. The Morgan fingerprint density at radius 1 is 1.06 bits per heavy atom. The first-order chi connectivity index (χ1) is 17.5. The van der Waals surface area contributed by atoms with Crippen LogP contribution in [0.5, 0.6) is 0 Å². The average Bonchev–Trinajstić information content (AvgIpc) is 3.35. The van der Waals surface area contributed by atoms with Gasteiger partial charge in [-0.3, -0.25) is 9.59 Å². The third-order valence-electron chi connectivity index (χ3n) is 7.89. The molecule has 2 aromatic carbocycles. The van der Waals surface area contributed by atoms with E-state index in [1.807, 2.05) is 35.0 Å². The Morgan fingerprint density at radius 2 is 1.78 bits per heavy atom. The molecule has 3 heterocycles. The van der Waals surface area contributed by atoms with Gasteiger partial charge in [0.2, 0.25) is 5.91 Å². The summed E-state index contributed by atoms with van der Waals surface area (Å²) < 4.78 is 19.0. The summed E-state index contributed by atoms with van der Waals surface area (Å²) in [6.07, 6.45) is 4.04. The van der Waals surface area contributed by atoms with Crippen LogP contribution in [-0.2, 0) is 16.0 Å². The van der Waals surface area contributed by atoms with E-state index < -0.39 is 0 Å². The van der Waals surface area contributed by atoms with Crippen molar-refractivity contribution in [2.24, 2.45) is 11.8 Å². The molecule has 5 rings (SSSR count). The molecule has 7 heteroatoms. The standard InChI is InChI=1S/C29H34FN3O3/c1-32(28(34)22-11-15-36-16-12-22)27(17-20-5-3-2-4-6-20)21-9-13-33(14-10-21)29(35)26-19-23-18-24(30)7-8-25(23)31-26/h2-8,18-19,21-22,27,31H,9-17H2,1H3. The van der Waals surface area contributed by atoms with Crippen LogP contribution in [-0.4, -0.2) is 66.0 Å². The van der Waals surface area contributed by atoms with Crippen molar-refractivity contribution >= 4 is 22.7 Å². The van der Waals surface area contributed by atoms with Crippen LogP contribution in [0.15, 0.2) is 54.6 Å². The number of nitrogens with zero attached hydrogens (tertiary/aromatic N) is 2. The molecule has 1 unspecified atom stereocenters. The second-order valence-corrected chi connectivity index (χ2v) is 10.1. The highest BCUT2D eigenvalue weighted by molar-refractivity contribution is 5.98. The highest BCUT2D eigenvalue weighted by Crippen LogP contribution is 2.29. The van der Waals surface area contributed by atoms with Crippen LogP contribution in [0.2, 0.25) is 0 Å². The van der Waals surface area contributed by atoms with Gasteiger partial charge in [0.15, 0.2) is 0 Å². The molecular weight excluding hydrogens is 457 g/mol. The molecule has 0 bridgehead atoms. The number of aromatic amines is 1. The Morgan fingerprint density at radius 3 is 2.50 bits per heavy atom. The monoisotopic (exact) mass is 491 g/mol. The number of carbonyl (C=O) groups is 2. The molecule has 2 amide bonds. The fourth-order valence-electron chi connectivity index (χ4n) is 5.75. The van der Waals surface area contributed by atoms with E-state index in [4.69, 9.17) is 4.74 Å². The lowest BCUT2D eigenvalue weighted by Gasteiger charge is -2.41. The van der Waals surface area contributed by atoms with Crippen LogP contribution < -0.4 is 0 Å². The fourth-order valence-corrected chi connectivity index (χ4v) is 5.75. The second-order valence-electron chi connectivity index (χ2n) is 10.1. The summed E-state index contributed by atoms with van der Waals surface area (Å²) in [6, 6.07) is 16.6. The number of fused-ring (bicyclic) bond motifs is 1. The maximum atomic E-state index is 13.6. The van der Waals surface area contributed by atoms with E-state index >= 15 is 0 Å². The number of nitrogens with one attached hydrogen (secondary N) is 1. The molecular formula is C29H34FN3O3. The molecule has 2 aliphatic rings. The number of aromatic nitrogens is 1. The van der Waals surface area contributed by atoms with Gasteiger partial charge in [-0.1, -0.05) is 30.3 Å². The Balaban J connectivity index is 1.28. The Bertz CT molecular complexity index is 1200. The summed E-state index contributed by atoms with van der Waals surface area (Å²) in [4.78, 5) is 33.6. The first kappa shape index (κ1) is 24.5. The smallest absolute Gasteiger partial charge is 0.270 e. The number of H-pyrrole nitrogens is 1. The Kier molecular flexibility index (Phi) is 7.37. The molecule has 36 heavy (non-hydrogen) atoms. The predicted octanol–water partition coefficient (Wildman–Crippen LogP) is 4.66. The summed E-state index contributed by atoms with van der Waals surface area (Å²) in [5.41, 5.74) is 2.46. The van der Waals surface area contributed by atoms with E-state index in [1.54, 1.807) is 12.1 Å². The average molecular weight is 492 g/mol. The number of likely N-dealkylation sites (N-methyl/N-ethyl adjacent to an activating group) is 1. The SMILES string of the molecule is CN(C(=O)C1CCOCC1)C(Cc1ccccc1)C1CCN(C(=O)c2cc3cc(F)ccc3[nH]2)CC1. The first-order valence-corrected chi connectivity index (χ1v) is 13.0. The second kappa shape index (κ2) is 10.8. The minimum absolute atomic E-state index is 0.0236. The predicted molar refractivity (Wildman–Crippen MR) is 137 cm³/mol. The molecule has 1 N–H and O–H groups in total. The lowest BCUT2D eigenvalue weighted by atomic mass is 9.84. The normalized spacial score (nSPS) is 18.3. The molecule has 2 aliphatic heterocycles. The number of hydrogen-bond donors (Lipinski definition) is 1. The molecule has 6 nitrogen and oxygen atoms in total. The van der Waals surface area contributed by atoms with E-state index in [0.717, 1.165) is 37.6 Å². The molecule has 3 aromatic rings. The third kappa shape index (κ3) is 5.31. The van der Waals surface area contributed by atoms with Crippen molar-refractivity contribution < 1.29 is 18.7 Å². The summed E-state index contributed by atoms with van der Waals surface area (Å²) in [7, 11) is 1.95. The van der Waals surface area contributed by atoms with Crippen molar-refractivity contribution in [3.63, 3.8) is 0 Å². The summed E-state index contributed by atoms with van der Waals surface area (Å²) in [5, 5.41) is 0.699. The Labute approximate surface area is 211 Å². The molecule has 0 radical (unpaired) electrons. The quantitative estimate of drug-likeness (QED) is 0.546. The molecule has 0 spiro atoms. The van der Waals surface area contributed by atoms with Crippen LogP contribution in [0.25, 0.3) is 10.9 Å². The van der Waals surface area contributed by atoms with Gasteiger partial charge in [0.05, 0.1) is 0 Å². The lowest BCUT2D eigenvalue weighted by molar-refractivity contribution is -0.140. The van der Waals surface area contributed by atoms with Gasteiger partial charge < -0.3 is 19.5 Å². The van der Waals surface area contributed by atoms with Gasteiger partial charge >= 0.3 is 0 Å². The third-order valence-corrected chi connectivity index (χ3v) is 7.89. The number of likely N-dealkylation sites (tertiary alicyclic amines) is 1. The largest absolute Gasteiger partial charge is 0.381 e. The van der Waals surface area contributed by atoms with E-state index in [1.165, 1.54) is 17.7 Å². The number of rotatable bonds is 6. The lowest BCUT2D eigenvalue weighted by Crippen LogP contribution is -2.50. The van der Waals surface area contributed by atoms with Crippen molar-refractivity contribution in [2.45, 2.75) is 38.1 Å². The molecule has 190 valence electrons. The minimum Gasteiger partial charge on any atom is -0.381 e. The van der Waals surface area contributed by atoms with E-state index in [-0.39, 0.29) is 29.6 Å². The van der Waals surface area contributed by atoms with Gasteiger partial charge in [0.1, 0.15) is 11.5 Å². The zero-order valence-electron chi connectivity index (χ0n) is 20.8. The number of ether oxygens (including phenoxy) is 1. The molecule has 0 saturated carbocycles. The van der Waals surface area contributed by atoms with Crippen molar-refractivity contribution in [1.82, 2.24) is 14.8 Å². The van der Waals surface area contributed by atoms with Gasteiger partial charge in [-0.25, -0.2) is 4.39 Å². The number of piperidine rings is 1.